The predicted molar refractivity (Wildman–Crippen MR) is 160 cm³/mol. The lowest BCUT2D eigenvalue weighted by atomic mass is 9.43. The van der Waals surface area contributed by atoms with Crippen molar-refractivity contribution in [2.75, 3.05) is 6.61 Å². The van der Waals surface area contributed by atoms with Gasteiger partial charge in [0.05, 0.1) is 30.3 Å². The zero-order chi connectivity index (χ0) is 31.8. The van der Waals surface area contributed by atoms with Crippen molar-refractivity contribution in [3.63, 3.8) is 0 Å². The van der Waals surface area contributed by atoms with Gasteiger partial charge in [0.1, 0.15) is 23.9 Å². The number of aliphatic hydroxyl groups excluding tert-OH is 1. The van der Waals surface area contributed by atoms with Crippen molar-refractivity contribution in [1.29, 1.82) is 0 Å². The third-order valence-electron chi connectivity index (χ3n) is 11.9. The largest absolute Gasteiger partial charge is 0.455 e. The summed E-state index contributed by atoms with van der Waals surface area (Å²) in [4.78, 5) is 26.9. The van der Waals surface area contributed by atoms with E-state index in [2.05, 4.69) is 20.4 Å². The molecule has 3 aliphatic carbocycles. The molecular formula is C35H46O9. The van der Waals surface area contributed by atoms with Crippen molar-refractivity contribution in [2.45, 2.75) is 115 Å². The van der Waals surface area contributed by atoms with Crippen LogP contribution in [0.3, 0.4) is 0 Å². The fourth-order valence-electron chi connectivity index (χ4n) is 9.58. The van der Waals surface area contributed by atoms with Crippen LogP contribution in [-0.2, 0) is 28.5 Å². The molecule has 4 fully saturated rings. The van der Waals surface area contributed by atoms with Crippen LogP contribution in [0.4, 0.5) is 0 Å². The zero-order valence-electron chi connectivity index (χ0n) is 26.6. The van der Waals surface area contributed by atoms with Crippen molar-refractivity contribution in [3.05, 3.63) is 59.7 Å². The van der Waals surface area contributed by atoms with E-state index in [0.29, 0.717) is 17.6 Å². The molecule has 5 aliphatic rings. The van der Waals surface area contributed by atoms with Crippen LogP contribution >= 0.6 is 0 Å². The number of esters is 2. The minimum Gasteiger partial charge on any atom is -0.455 e. The molecule has 240 valence electrons. The van der Waals surface area contributed by atoms with Gasteiger partial charge in [0.15, 0.2) is 11.9 Å². The lowest BCUT2D eigenvalue weighted by Gasteiger charge is -2.69. The molecule has 0 amide bonds. The molecule has 11 atom stereocenters. The van der Waals surface area contributed by atoms with Crippen LogP contribution in [0, 0.1) is 22.7 Å². The standard InChI is InChI=1S/C35H46O9/c1-8-22-17-24-34(18-40-24,44-20(4)36)28-30(43-31(38)21-13-11-10-12-14-21)35(39)16-15-23(37)19(3)26(32(35,5)6)27-29(33(22,28)7)42-25(9-2)41-27/h9-14,22-25,27-30,37,39H,2,8,15-18H2,1,3-7H3/t22-,23-,24+,25?,27+,28-,29+,30-,33+,34-,35+/m0/s1. The predicted octanol–water partition coefficient (Wildman–Crippen LogP) is 4.50. The number of ether oxygens (including phenoxy) is 5. The van der Waals surface area contributed by atoms with Crippen molar-refractivity contribution < 1.29 is 43.5 Å². The average molecular weight is 611 g/mol. The molecule has 2 heterocycles. The van der Waals surface area contributed by atoms with Crippen LogP contribution in [0.2, 0.25) is 0 Å². The fraction of sp³-hybridized carbons (Fsp3) is 0.657. The van der Waals surface area contributed by atoms with Gasteiger partial charge in [-0.2, -0.15) is 0 Å². The van der Waals surface area contributed by atoms with Crippen LogP contribution in [-0.4, -0.2) is 76.8 Å². The highest BCUT2D eigenvalue weighted by Gasteiger charge is 2.78. The van der Waals surface area contributed by atoms with E-state index in [9.17, 15) is 19.8 Å². The second-order valence-electron chi connectivity index (χ2n) is 14.1. The van der Waals surface area contributed by atoms with Gasteiger partial charge >= 0.3 is 11.9 Å². The normalized spacial score (nSPS) is 44.0. The number of rotatable bonds is 5. The van der Waals surface area contributed by atoms with Gasteiger partial charge in [-0.1, -0.05) is 58.9 Å². The van der Waals surface area contributed by atoms with Crippen LogP contribution in [0.25, 0.3) is 0 Å². The number of fused-ring (bicyclic) bond motifs is 8. The van der Waals surface area contributed by atoms with E-state index in [1.165, 1.54) is 6.92 Å². The molecule has 0 radical (unpaired) electrons. The summed E-state index contributed by atoms with van der Waals surface area (Å²) in [5.74, 6) is -1.86. The molecule has 2 bridgehead atoms. The van der Waals surface area contributed by atoms with E-state index in [-0.39, 0.29) is 25.4 Å². The molecule has 0 aromatic heterocycles. The molecule has 0 spiro atoms. The molecule has 9 nitrogen and oxygen atoms in total. The van der Waals surface area contributed by atoms with E-state index < -0.39 is 76.7 Å². The second kappa shape index (κ2) is 10.8. The number of carbonyl (C=O) groups is 2. The topological polar surface area (TPSA) is 121 Å². The Morgan fingerprint density at radius 3 is 2.45 bits per heavy atom. The first-order chi connectivity index (χ1) is 20.8. The number of aliphatic hydroxyl groups is 2. The molecule has 44 heavy (non-hydrogen) atoms. The molecule has 1 unspecified atom stereocenters. The molecule has 2 saturated heterocycles. The summed E-state index contributed by atoms with van der Waals surface area (Å²) in [5.41, 5.74) is -3.02. The van der Waals surface area contributed by atoms with Crippen molar-refractivity contribution in [3.8, 4) is 0 Å². The third-order valence-corrected chi connectivity index (χ3v) is 11.9. The first kappa shape index (κ1) is 31.4. The van der Waals surface area contributed by atoms with Gasteiger partial charge in [0.2, 0.25) is 0 Å². The number of hydrogen-bond acceptors (Lipinski definition) is 9. The van der Waals surface area contributed by atoms with Gasteiger partial charge in [-0.3, -0.25) is 4.79 Å². The first-order valence-electron chi connectivity index (χ1n) is 15.9. The second-order valence-corrected chi connectivity index (χ2v) is 14.1. The van der Waals surface area contributed by atoms with Crippen LogP contribution in [0.5, 0.6) is 0 Å². The molecule has 6 rings (SSSR count). The summed E-state index contributed by atoms with van der Waals surface area (Å²) in [6.45, 7) is 15.3. The summed E-state index contributed by atoms with van der Waals surface area (Å²) < 4.78 is 32.4. The molecule has 2 N–H and O–H groups in total. The highest BCUT2D eigenvalue weighted by Crippen LogP contribution is 2.67. The van der Waals surface area contributed by atoms with Gasteiger partial charge in [0, 0.05) is 17.8 Å². The van der Waals surface area contributed by atoms with Crippen molar-refractivity contribution in [1.82, 2.24) is 0 Å². The molecule has 2 aliphatic heterocycles. The first-order valence-corrected chi connectivity index (χ1v) is 15.9. The molecule has 9 heteroatoms. The fourth-order valence-corrected chi connectivity index (χ4v) is 9.58. The Kier molecular flexibility index (Phi) is 7.69. The zero-order valence-corrected chi connectivity index (χ0v) is 26.6. The Hall–Kier alpha value is -2.56. The monoisotopic (exact) mass is 610 g/mol. The Labute approximate surface area is 259 Å². The minimum absolute atomic E-state index is 0.0447. The van der Waals surface area contributed by atoms with Gasteiger partial charge < -0.3 is 33.9 Å². The Morgan fingerprint density at radius 2 is 1.86 bits per heavy atom. The SMILES string of the molecule is C=CC1O[C@@H]2C3=C(C)[C@@H](O)CC[C@@](O)([C@@H](OC(=O)c4ccccc4)[C@@H]4[C@]5(OC(C)=O)CO[C@@H]5C[C@H](CC)[C@@]4(C)[C@@H]2O1)C3(C)C. The van der Waals surface area contributed by atoms with E-state index in [0.717, 1.165) is 12.0 Å². The van der Waals surface area contributed by atoms with Gasteiger partial charge in [-0.05, 0) is 61.5 Å². The highest BCUT2D eigenvalue weighted by atomic mass is 16.7. The van der Waals surface area contributed by atoms with E-state index in [4.69, 9.17) is 23.7 Å². The average Bonchev–Trinajstić information content (AvgIpc) is 3.39. The molecule has 1 aromatic rings. The number of hydrogen-bond donors (Lipinski definition) is 2. The summed E-state index contributed by atoms with van der Waals surface area (Å²) in [5, 5.41) is 24.8. The van der Waals surface area contributed by atoms with Crippen molar-refractivity contribution >= 4 is 11.9 Å². The quantitative estimate of drug-likeness (QED) is 0.367. The summed E-state index contributed by atoms with van der Waals surface area (Å²) >= 11 is 0. The molecule has 1 aromatic carbocycles. The molecule has 2 saturated carbocycles. The van der Waals surface area contributed by atoms with Gasteiger partial charge in [-0.25, -0.2) is 4.79 Å². The number of benzene rings is 1. The maximum atomic E-state index is 14.0. The van der Waals surface area contributed by atoms with E-state index in [1.807, 2.05) is 26.8 Å². The summed E-state index contributed by atoms with van der Waals surface area (Å²) in [6, 6.07) is 8.70. The molecular weight excluding hydrogens is 564 g/mol. The smallest absolute Gasteiger partial charge is 0.338 e. The lowest BCUT2D eigenvalue weighted by molar-refractivity contribution is -0.355. The number of carbonyl (C=O) groups excluding carboxylic acids is 2. The van der Waals surface area contributed by atoms with Crippen LogP contribution in [0.1, 0.15) is 77.6 Å². The maximum Gasteiger partial charge on any atom is 0.338 e. The van der Waals surface area contributed by atoms with Crippen LogP contribution in [0.15, 0.2) is 54.1 Å². The van der Waals surface area contributed by atoms with E-state index in [1.54, 1.807) is 30.3 Å². The van der Waals surface area contributed by atoms with Crippen molar-refractivity contribution in [2.24, 2.45) is 22.7 Å². The maximum absolute atomic E-state index is 14.0. The van der Waals surface area contributed by atoms with Gasteiger partial charge in [0.25, 0.3) is 0 Å². The Balaban J connectivity index is 1.67. The summed E-state index contributed by atoms with van der Waals surface area (Å²) in [6.07, 6.45) is -1.18. The van der Waals surface area contributed by atoms with E-state index >= 15 is 0 Å². The van der Waals surface area contributed by atoms with Crippen LogP contribution < -0.4 is 0 Å². The minimum atomic E-state index is -1.71. The highest BCUT2D eigenvalue weighted by molar-refractivity contribution is 5.89. The third kappa shape index (κ3) is 4.23. The van der Waals surface area contributed by atoms with Gasteiger partial charge in [-0.15, -0.1) is 0 Å². The lowest BCUT2D eigenvalue weighted by Crippen LogP contribution is -2.80. The Bertz CT molecular complexity index is 1350. The summed E-state index contributed by atoms with van der Waals surface area (Å²) in [7, 11) is 0. The Morgan fingerprint density at radius 1 is 1.16 bits per heavy atom.